The molecule has 26 heavy (non-hydrogen) atoms. The smallest absolute Gasteiger partial charge is 0.407 e. The number of hydrogen-bond donors (Lipinski definition) is 2. The summed E-state index contributed by atoms with van der Waals surface area (Å²) in [6, 6.07) is -0.808. The summed E-state index contributed by atoms with van der Waals surface area (Å²) >= 11 is 0. The average Bonchev–Trinajstić information content (AvgIpc) is 3.04. The molecule has 0 bridgehead atoms. The SMILES string of the molecule is O=C(N[C@@H]1CCS(=O)(=O)C1)OCCCCOC(=O)N[C@@H]1CCS(=O)(=O)C1. The third kappa shape index (κ3) is 7.36. The number of amides is 2. The maximum Gasteiger partial charge on any atom is 0.407 e. The predicted octanol–water partition coefficient (Wildman–Crippen LogP) is -0.407. The minimum atomic E-state index is -3.06. The van der Waals surface area contributed by atoms with Gasteiger partial charge in [0, 0.05) is 12.1 Å². The fourth-order valence-electron chi connectivity index (χ4n) is 2.77. The van der Waals surface area contributed by atoms with E-state index < -0.39 is 43.9 Å². The molecule has 0 aromatic rings. The van der Waals surface area contributed by atoms with Gasteiger partial charge in [0.05, 0.1) is 36.2 Å². The second-order valence-electron chi connectivity index (χ2n) is 6.47. The van der Waals surface area contributed by atoms with Crippen molar-refractivity contribution in [3.8, 4) is 0 Å². The Morgan fingerprint density at radius 3 is 1.46 bits per heavy atom. The molecule has 2 rings (SSSR count). The molecule has 2 aliphatic heterocycles. The molecule has 2 fully saturated rings. The summed E-state index contributed by atoms with van der Waals surface area (Å²) in [4.78, 5) is 23.0. The molecule has 2 atom stereocenters. The Labute approximate surface area is 152 Å². The second kappa shape index (κ2) is 8.89. The fourth-order valence-corrected chi connectivity index (χ4v) is 6.11. The largest absolute Gasteiger partial charge is 0.450 e. The summed E-state index contributed by atoms with van der Waals surface area (Å²) in [5.74, 6) is 0.0228. The van der Waals surface area contributed by atoms with Crippen molar-refractivity contribution in [3.63, 3.8) is 0 Å². The van der Waals surface area contributed by atoms with Gasteiger partial charge in [0.25, 0.3) is 0 Å². The maximum absolute atomic E-state index is 11.5. The van der Waals surface area contributed by atoms with Crippen LogP contribution in [0, 0.1) is 0 Å². The van der Waals surface area contributed by atoms with Crippen LogP contribution in [0.15, 0.2) is 0 Å². The number of carbonyl (C=O) groups excluding carboxylic acids is 2. The molecule has 12 heteroatoms. The van der Waals surface area contributed by atoms with E-state index >= 15 is 0 Å². The normalized spacial score (nSPS) is 26.2. The first-order chi connectivity index (χ1) is 12.2. The first kappa shape index (κ1) is 20.7. The van der Waals surface area contributed by atoms with Crippen LogP contribution in [0.1, 0.15) is 25.7 Å². The lowest BCUT2D eigenvalue weighted by Gasteiger charge is -2.12. The lowest BCUT2D eigenvalue weighted by molar-refractivity contribution is 0.125. The maximum atomic E-state index is 11.5. The monoisotopic (exact) mass is 412 g/mol. The molecule has 2 heterocycles. The summed E-state index contributed by atoms with van der Waals surface area (Å²) in [7, 11) is -6.11. The minimum Gasteiger partial charge on any atom is -0.450 e. The Kier molecular flexibility index (Phi) is 7.09. The van der Waals surface area contributed by atoms with E-state index in [4.69, 9.17) is 9.47 Å². The number of carbonyl (C=O) groups is 2. The van der Waals surface area contributed by atoms with Crippen LogP contribution in [0.25, 0.3) is 0 Å². The second-order valence-corrected chi connectivity index (χ2v) is 10.9. The highest BCUT2D eigenvalue weighted by atomic mass is 32.2. The Balaban J connectivity index is 1.47. The van der Waals surface area contributed by atoms with Crippen LogP contribution < -0.4 is 10.6 Å². The van der Waals surface area contributed by atoms with Gasteiger partial charge in [-0.25, -0.2) is 26.4 Å². The van der Waals surface area contributed by atoms with Crippen molar-refractivity contribution in [2.24, 2.45) is 0 Å². The van der Waals surface area contributed by atoms with E-state index in [9.17, 15) is 26.4 Å². The van der Waals surface area contributed by atoms with Crippen molar-refractivity contribution in [1.82, 2.24) is 10.6 Å². The van der Waals surface area contributed by atoms with Gasteiger partial charge < -0.3 is 20.1 Å². The van der Waals surface area contributed by atoms with Crippen molar-refractivity contribution >= 4 is 31.9 Å². The van der Waals surface area contributed by atoms with Crippen molar-refractivity contribution in [1.29, 1.82) is 0 Å². The molecule has 2 aliphatic rings. The average molecular weight is 412 g/mol. The highest BCUT2D eigenvalue weighted by molar-refractivity contribution is 7.91. The van der Waals surface area contributed by atoms with Gasteiger partial charge in [-0.05, 0) is 25.7 Å². The van der Waals surface area contributed by atoms with Crippen molar-refractivity contribution < 1.29 is 35.9 Å². The van der Waals surface area contributed by atoms with Gasteiger partial charge in [0.2, 0.25) is 0 Å². The molecule has 0 spiro atoms. The topological polar surface area (TPSA) is 145 Å². The van der Waals surface area contributed by atoms with Crippen LogP contribution in [0.3, 0.4) is 0 Å². The van der Waals surface area contributed by atoms with E-state index in [0.717, 1.165) is 0 Å². The molecule has 2 amide bonds. The lowest BCUT2D eigenvalue weighted by atomic mass is 10.3. The molecule has 0 radical (unpaired) electrons. The molecule has 0 saturated carbocycles. The summed E-state index contributed by atoms with van der Waals surface area (Å²) in [6.45, 7) is 0.244. The summed E-state index contributed by atoms with van der Waals surface area (Å²) in [5, 5.41) is 5.01. The van der Waals surface area contributed by atoms with E-state index in [1.54, 1.807) is 0 Å². The zero-order valence-electron chi connectivity index (χ0n) is 14.3. The highest BCUT2D eigenvalue weighted by Crippen LogP contribution is 2.12. The van der Waals surface area contributed by atoms with Crippen molar-refractivity contribution in [2.75, 3.05) is 36.2 Å². The van der Waals surface area contributed by atoms with Gasteiger partial charge in [0.15, 0.2) is 19.7 Å². The van der Waals surface area contributed by atoms with E-state index in [-0.39, 0.29) is 36.2 Å². The molecule has 0 unspecified atom stereocenters. The number of rotatable bonds is 7. The molecular formula is C14H24N2O8S2. The predicted molar refractivity (Wildman–Crippen MR) is 92.3 cm³/mol. The molecule has 0 aliphatic carbocycles. The first-order valence-corrected chi connectivity index (χ1v) is 12.1. The molecule has 2 saturated heterocycles. The quantitative estimate of drug-likeness (QED) is 0.537. The Morgan fingerprint density at radius 1 is 0.769 bits per heavy atom. The summed E-state index contributed by atoms with van der Waals surface area (Å²) in [6.07, 6.45) is 0.412. The summed E-state index contributed by atoms with van der Waals surface area (Å²) < 4.78 is 55.0. The van der Waals surface area contributed by atoms with Crippen LogP contribution in [-0.2, 0) is 29.1 Å². The highest BCUT2D eigenvalue weighted by Gasteiger charge is 2.30. The van der Waals surface area contributed by atoms with Gasteiger partial charge in [-0.2, -0.15) is 0 Å². The Morgan fingerprint density at radius 2 is 1.15 bits per heavy atom. The number of hydrogen-bond acceptors (Lipinski definition) is 8. The number of ether oxygens (including phenoxy) is 2. The van der Waals surface area contributed by atoms with Gasteiger partial charge in [-0.3, -0.25) is 0 Å². The van der Waals surface area contributed by atoms with Crippen molar-refractivity contribution in [3.05, 3.63) is 0 Å². The molecule has 0 aromatic carbocycles. The van der Waals surface area contributed by atoms with E-state index in [1.807, 2.05) is 0 Å². The Bertz CT molecular complexity index is 657. The number of unbranched alkanes of at least 4 members (excludes halogenated alkanes) is 1. The van der Waals surface area contributed by atoms with Gasteiger partial charge >= 0.3 is 12.2 Å². The number of alkyl carbamates (subject to hydrolysis) is 2. The standard InChI is InChI=1S/C14H24N2O8S2/c17-13(15-11-3-7-25(19,20)9-11)23-5-1-2-6-24-14(18)16-12-4-8-26(21,22)10-12/h11-12H,1-10H2,(H,15,17)(H,16,18)/t11-,12-/m1/s1. The molecule has 150 valence electrons. The van der Waals surface area contributed by atoms with E-state index in [2.05, 4.69) is 10.6 Å². The third-order valence-corrected chi connectivity index (χ3v) is 7.65. The van der Waals surface area contributed by atoms with E-state index in [1.165, 1.54) is 0 Å². The van der Waals surface area contributed by atoms with Crippen LogP contribution in [0.5, 0.6) is 0 Å². The van der Waals surface area contributed by atoms with Crippen LogP contribution in [0.4, 0.5) is 9.59 Å². The molecule has 10 nitrogen and oxygen atoms in total. The summed E-state index contributed by atoms with van der Waals surface area (Å²) in [5.41, 5.74) is 0. The van der Waals surface area contributed by atoms with E-state index in [0.29, 0.717) is 25.7 Å². The number of sulfone groups is 2. The Hall–Kier alpha value is -1.56. The zero-order chi connectivity index (χ0) is 19.2. The molecular weight excluding hydrogens is 388 g/mol. The minimum absolute atomic E-state index is 0.0622. The van der Waals surface area contributed by atoms with Crippen molar-refractivity contribution in [2.45, 2.75) is 37.8 Å². The van der Waals surface area contributed by atoms with Crippen LogP contribution >= 0.6 is 0 Å². The third-order valence-electron chi connectivity index (χ3n) is 4.11. The molecule has 0 aromatic heterocycles. The van der Waals surface area contributed by atoms with Gasteiger partial charge in [-0.1, -0.05) is 0 Å². The molecule has 2 N–H and O–H groups in total. The first-order valence-electron chi connectivity index (χ1n) is 8.43. The zero-order valence-corrected chi connectivity index (χ0v) is 15.9. The van der Waals surface area contributed by atoms with Crippen LogP contribution in [-0.4, -0.2) is 77.3 Å². The fraction of sp³-hybridized carbons (Fsp3) is 0.857. The van der Waals surface area contributed by atoms with Gasteiger partial charge in [-0.15, -0.1) is 0 Å². The number of nitrogens with one attached hydrogen (secondary N) is 2. The van der Waals surface area contributed by atoms with Crippen LogP contribution in [0.2, 0.25) is 0 Å². The van der Waals surface area contributed by atoms with Gasteiger partial charge in [0.1, 0.15) is 0 Å². The lowest BCUT2D eigenvalue weighted by Crippen LogP contribution is -2.36.